The number of aromatic carboxylic acids is 1. The van der Waals surface area contributed by atoms with Crippen LogP contribution in [-0.2, 0) is 20.8 Å². The summed E-state index contributed by atoms with van der Waals surface area (Å²) < 4.78 is 36.8. The Hall–Kier alpha value is -1.26. The summed E-state index contributed by atoms with van der Waals surface area (Å²) in [6.07, 6.45) is 0.918. The molecule has 10 heteroatoms. The maximum Gasteiger partial charge on any atom is 0.340 e. The Morgan fingerprint density at radius 2 is 2.28 bits per heavy atom. The van der Waals surface area contributed by atoms with Crippen LogP contribution in [-0.4, -0.2) is 52.0 Å². The highest BCUT2D eigenvalue weighted by molar-refractivity contribution is 7.89. The highest BCUT2D eigenvalue weighted by Gasteiger charge is 2.24. The number of carboxylic acid groups (broad SMARTS) is 1. The Labute approximate surface area is 106 Å². The van der Waals surface area contributed by atoms with E-state index in [9.17, 15) is 17.4 Å². The number of aromatic nitrogens is 2. The molecule has 0 saturated carbocycles. The number of rotatable bonds is 7. The first-order chi connectivity index (χ1) is 8.38. The summed E-state index contributed by atoms with van der Waals surface area (Å²) in [5, 5.41) is 13.8. The maximum absolute atomic E-state index is 11.7. The Bertz CT molecular complexity index is 551. The fraction of sp³-hybridized carbons (Fsp3) is 0.500. The predicted molar refractivity (Wildman–Crippen MR) is 64.3 cm³/mol. The lowest BCUT2D eigenvalue weighted by Crippen LogP contribution is -2.29. The van der Waals surface area contributed by atoms with Crippen LogP contribution >= 0.6 is 0 Å². The molecule has 0 saturated heterocycles. The SMILES string of the molecule is CCS(=O)CCNS(=O)(=O)c1[nH]ncc1C(=O)O. The minimum Gasteiger partial charge on any atom is -0.478 e. The number of H-pyrrole nitrogens is 1. The van der Waals surface area contributed by atoms with Crippen LogP contribution in [0.25, 0.3) is 0 Å². The van der Waals surface area contributed by atoms with E-state index in [0.717, 1.165) is 6.20 Å². The van der Waals surface area contributed by atoms with Crippen molar-refractivity contribution in [1.82, 2.24) is 14.9 Å². The van der Waals surface area contributed by atoms with E-state index in [0.29, 0.717) is 5.75 Å². The second-order valence-electron chi connectivity index (χ2n) is 3.25. The van der Waals surface area contributed by atoms with Crippen molar-refractivity contribution in [3.8, 4) is 0 Å². The molecule has 0 radical (unpaired) electrons. The number of nitrogens with one attached hydrogen (secondary N) is 2. The lowest BCUT2D eigenvalue weighted by Gasteiger charge is -2.05. The first-order valence-corrected chi connectivity index (χ1v) is 7.97. The van der Waals surface area contributed by atoms with Gasteiger partial charge in [0, 0.05) is 28.9 Å². The Balaban J connectivity index is 2.78. The van der Waals surface area contributed by atoms with Gasteiger partial charge in [0.05, 0.1) is 6.20 Å². The van der Waals surface area contributed by atoms with Crippen LogP contribution in [0.4, 0.5) is 0 Å². The second kappa shape index (κ2) is 6.07. The summed E-state index contributed by atoms with van der Waals surface area (Å²) in [6.45, 7) is 1.70. The van der Waals surface area contributed by atoms with Gasteiger partial charge in [0.1, 0.15) is 5.56 Å². The van der Waals surface area contributed by atoms with E-state index in [-0.39, 0.29) is 12.3 Å². The van der Waals surface area contributed by atoms with Gasteiger partial charge >= 0.3 is 5.97 Å². The molecule has 0 aliphatic rings. The topological polar surface area (TPSA) is 129 Å². The van der Waals surface area contributed by atoms with Gasteiger partial charge in [-0.3, -0.25) is 9.31 Å². The minimum atomic E-state index is -3.98. The second-order valence-corrected chi connectivity index (χ2v) is 6.82. The molecule has 8 nitrogen and oxygen atoms in total. The summed E-state index contributed by atoms with van der Waals surface area (Å²) in [5.74, 6) is -0.778. The molecule has 1 heterocycles. The summed E-state index contributed by atoms with van der Waals surface area (Å²) >= 11 is 0. The molecule has 102 valence electrons. The quantitative estimate of drug-likeness (QED) is 0.601. The minimum absolute atomic E-state index is 0.0269. The van der Waals surface area contributed by atoms with Crippen molar-refractivity contribution in [2.24, 2.45) is 0 Å². The van der Waals surface area contributed by atoms with Crippen molar-refractivity contribution in [3.05, 3.63) is 11.8 Å². The molecule has 0 aromatic carbocycles. The van der Waals surface area contributed by atoms with Crippen LogP contribution in [0, 0.1) is 0 Å². The summed E-state index contributed by atoms with van der Waals surface area (Å²) in [4.78, 5) is 10.8. The van der Waals surface area contributed by atoms with E-state index >= 15 is 0 Å². The number of sulfonamides is 1. The molecular weight excluding hydrogens is 282 g/mol. The third kappa shape index (κ3) is 3.62. The van der Waals surface area contributed by atoms with E-state index in [1.807, 2.05) is 0 Å². The lowest BCUT2D eigenvalue weighted by atomic mass is 10.4. The first-order valence-electron chi connectivity index (χ1n) is 4.99. The molecule has 0 bridgehead atoms. The molecular formula is C8H13N3O5S2. The van der Waals surface area contributed by atoms with Gasteiger partial charge in [-0.1, -0.05) is 6.92 Å². The van der Waals surface area contributed by atoms with Gasteiger partial charge in [-0.25, -0.2) is 17.9 Å². The molecule has 1 aromatic heterocycles. The smallest absolute Gasteiger partial charge is 0.340 e. The first kappa shape index (κ1) is 14.8. The van der Waals surface area contributed by atoms with Crippen LogP contribution in [0.3, 0.4) is 0 Å². The zero-order valence-electron chi connectivity index (χ0n) is 9.54. The number of carbonyl (C=O) groups is 1. The largest absolute Gasteiger partial charge is 0.478 e. The molecule has 1 unspecified atom stereocenters. The summed E-state index contributed by atoms with van der Waals surface area (Å²) in [5.41, 5.74) is -0.431. The third-order valence-electron chi connectivity index (χ3n) is 2.05. The molecule has 0 fully saturated rings. The van der Waals surface area contributed by atoms with Gasteiger partial charge in [0.15, 0.2) is 5.03 Å². The van der Waals surface area contributed by atoms with Crippen molar-refractivity contribution in [2.45, 2.75) is 11.9 Å². The molecule has 1 rings (SSSR count). The Kier molecular flexibility index (Phi) is 4.99. The van der Waals surface area contributed by atoms with Crippen molar-refractivity contribution >= 4 is 26.8 Å². The van der Waals surface area contributed by atoms with Gasteiger partial charge in [0.2, 0.25) is 0 Å². The van der Waals surface area contributed by atoms with Crippen molar-refractivity contribution < 1.29 is 22.5 Å². The summed E-state index contributed by atoms with van der Waals surface area (Å²) in [7, 11) is -5.07. The van der Waals surface area contributed by atoms with Crippen molar-refractivity contribution in [3.63, 3.8) is 0 Å². The standard InChI is InChI=1S/C8H13N3O5S2/c1-2-17(14)4-3-10-18(15,16)7-6(8(12)13)5-9-11-7/h5,10H,2-4H2,1H3,(H,9,11)(H,12,13). The van der Waals surface area contributed by atoms with Crippen molar-refractivity contribution in [1.29, 1.82) is 0 Å². The Morgan fingerprint density at radius 1 is 1.61 bits per heavy atom. The zero-order valence-corrected chi connectivity index (χ0v) is 11.2. The molecule has 3 N–H and O–H groups in total. The molecule has 0 aliphatic carbocycles. The van der Waals surface area contributed by atoms with Crippen LogP contribution in [0.5, 0.6) is 0 Å². The lowest BCUT2D eigenvalue weighted by molar-refractivity contribution is 0.0692. The number of nitrogens with zero attached hydrogens (tertiary/aromatic N) is 1. The van der Waals surface area contributed by atoms with E-state index in [2.05, 4.69) is 14.9 Å². The van der Waals surface area contributed by atoms with Crippen LogP contribution in [0.1, 0.15) is 17.3 Å². The van der Waals surface area contributed by atoms with E-state index in [1.54, 1.807) is 6.92 Å². The summed E-state index contributed by atoms with van der Waals surface area (Å²) in [6, 6.07) is 0. The van der Waals surface area contributed by atoms with E-state index < -0.39 is 37.4 Å². The van der Waals surface area contributed by atoms with Crippen LogP contribution in [0.15, 0.2) is 11.2 Å². The van der Waals surface area contributed by atoms with Crippen LogP contribution in [0.2, 0.25) is 0 Å². The molecule has 0 amide bonds. The fourth-order valence-corrected chi connectivity index (χ4v) is 3.00. The molecule has 0 spiro atoms. The Morgan fingerprint density at radius 3 is 2.83 bits per heavy atom. The van der Waals surface area contributed by atoms with E-state index in [4.69, 9.17) is 5.11 Å². The van der Waals surface area contributed by atoms with Gasteiger partial charge in [0.25, 0.3) is 10.0 Å². The average molecular weight is 295 g/mol. The number of hydrogen-bond donors (Lipinski definition) is 3. The number of aromatic amines is 1. The normalized spacial score (nSPS) is 13.4. The van der Waals surface area contributed by atoms with E-state index in [1.165, 1.54) is 0 Å². The molecule has 0 aliphatic heterocycles. The van der Waals surface area contributed by atoms with Crippen molar-refractivity contribution in [2.75, 3.05) is 18.1 Å². The highest BCUT2D eigenvalue weighted by atomic mass is 32.2. The average Bonchev–Trinajstić information content (AvgIpc) is 2.78. The van der Waals surface area contributed by atoms with Gasteiger partial charge < -0.3 is 5.11 Å². The highest BCUT2D eigenvalue weighted by Crippen LogP contribution is 2.11. The predicted octanol–water partition coefficient (Wildman–Crippen LogP) is -0.845. The molecule has 1 aromatic rings. The third-order valence-corrected chi connectivity index (χ3v) is 4.78. The fourth-order valence-electron chi connectivity index (χ4n) is 1.14. The molecule has 18 heavy (non-hydrogen) atoms. The number of carboxylic acids is 1. The molecule has 1 atom stereocenters. The zero-order chi connectivity index (χ0) is 13.8. The van der Waals surface area contributed by atoms with Gasteiger partial charge in [-0.2, -0.15) is 5.10 Å². The maximum atomic E-state index is 11.7. The van der Waals surface area contributed by atoms with Gasteiger partial charge in [-0.05, 0) is 0 Å². The van der Waals surface area contributed by atoms with Crippen LogP contribution < -0.4 is 4.72 Å². The number of hydrogen-bond acceptors (Lipinski definition) is 5. The monoisotopic (exact) mass is 295 g/mol. The van der Waals surface area contributed by atoms with Gasteiger partial charge in [-0.15, -0.1) is 0 Å².